The van der Waals surface area contributed by atoms with Crippen LogP contribution in [0.5, 0.6) is 0 Å². The molecular weight excluding hydrogens is 242 g/mol. The molecular formula is C16H20ClN. The first-order valence-electron chi connectivity index (χ1n) is 6.13. The molecule has 0 radical (unpaired) electrons. The van der Waals surface area contributed by atoms with Crippen LogP contribution in [0.4, 0.5) is 0 Å². The SMILES string of the molecule is CC(CN)C(c1ccccc1)c1ccccc1.Cl. The van der Waals surface area contributed by atoms with E-state index in [1.165, 1.54) is 11.1 Å². The van der Waals surface area contributed by atoms with Gasteiger partial charge in [-0.1, -0.05) is 67.6 Å². The summed E-state index contributed by atoms with van der Waals surface area (Å²) in [6.07, 6.45) is 0. The van der Waals surface area contributed by atoms with Crippen LogP contribution in [-0.4, -0.2) is 6.54 Å². The van der Waals surface area contributed by atoms with Gasteiger partial charge in [0.25, 0.3) is 0 Å². The maximum absolute atomic E-state index is 5.85. The molecule has 0 aromatic heterocycles. The molecule has 96 valence electrons. The van der Waals surface area contributed by atoms with Crippen molar-refractivity contribution in [3.05, 3.63) is 71.8 Å². The zero-order valence-corrected chi connectivity index (χ0v) is 11.4. The molecule has 2 aromatic rings. The van der Waals surface area contributed by atoms with Gasteiger partial charge in [-0.05, 0) is 23.6 Å². The third-order valence-corrected chi connectivity index (χ3v) is 3.26. The highest BCUT2D eigenvalue weighted by molar-refractivity contribution is 5.85. The molecule has 2 rings (SSSR count). The monoisotopic (exact) mass is 261 g/mol. The first-order chi connectivity index (χ1) is 8.33. The number of benzene rings is 2. The first-order valence-corrected chi connectivity index (χ1v) is 6.13. The Labute approximate surface area is 115 Å². The van der Waals surface area contributed by atoms with Gasteiger partial charge in [0.05, 0.1) is 0 Å². The zero-order valence-electron chi connectivity index (χ0n) is 10.6. The van der Waals surface area contributed by atoms with Crippen molar-refractivity contribution in [1.82, 2.24) is 0 Å². The lowest BCUT2D eigenvalue weighted by atomic mass is 9.82. The van der Waals surface area contributed by atoms with E-state index >= 15 is 0 Å². The molecule has 0 aliphatic heterocycles. The fourth-order valence-corrected chi connectivity index (χ4v) is 2.31. The predicted octanol–water partition coefficient (Wildman–Crippen LogP) is 3.84. The van der Waals surface area contributed by atoms with Gasteiger partial charge in [0.1, 0.15) is 0 Å². The van der Waals surface area contributed by atoms with Crippen molar-refractivity contribution in [2.24, 2.45) is 11.7 Å². The second-order valence-electron chi connectivity index (χ2n) is 4.51. The topological polar surface area (TPSA) is 26.0 Å². The van der Waals surface area contributed by atoms with Crippen LogP contribution in [0, 0.1) is 5.92 Å². The fourth-order valence-electron chi connectivity index (χ4n) is 2.31. The molecule has 2 heteroatoms. The largest absolute Gasteiger partial charge is 0.330 e. The van der Waals surface area contributed by atoms with E-state index in [9.17, 15) is 0 Å². The number of hydrogen-bond acceptors (Lipinski definition) is 1. The van der Waals surface area contributed by atoms with Gasteiger partial charge in [-0.15, -0.1) is 12.4 Å². The minimum Gasteiger partial charge on any atom is -0.330 e. The van der Waals surface area contributed by atoms with E-state index in [-0.39, 0.29) is 12.4 Å². The van der Waals surface area contributed by atoms with Crippen molar-refractivity contribution < 1.29 is 0 Å². The van der Waals surface area contributed by atoms with Gasteiger partial charge in [0.15, 0.2) is 0 Å². The summed E-state index contributed by atoms with van der Waals surface area (Å²) in [5.41, 5.74) is 8.54. The molecule has 1 atom stereocenters. The molecule has 0 aliphatic rings. The molecule has 0 saturated carbocycles. The van der Waals surface area contributed by atoms with Crippen molar-refractivity contribution in [3.63, 3.8) is 0 Å². The highest BCUT2D eigenvalue weighted by Crippen LogP contribution is 2.31. The second kappa shape index (κ2) is 7.20. The van der Waals surface area contributed by atoms with Gasteiger partial charge < -0.3 is 5.73 Å². The summed E-state index contributed by atoms with van der Waals surface area (Å²) in [5.74, 6) is 0.835. The Morgan fingerprint density at radius 2 is 1.22 bits per heavy atom. The molecule has 0 fully saturated rings. The first kappa shape index (κ1) is 14.7. The average Bonchev–Trinajstić information content (AvgIpc) is 2.41. The minimum atomic E-state index is 0. The highest BCUT2D eigenvalue weighted by Gasteiger charge is 2.19. The van der Waals surface area contributed by atoms with Crippen LogP contribution in [0.25, 0.3) is 0 Å². The Morgan fingerprint density at radius 3 is 1.56 bits per heavy atom. The highest BCUT2D eigenvalue weighted by atomic mass is 35.5. The third-order valence-electron chi connectivity index (χ3n) is 3.26. The van der Waals surface area contributed by atoms with E-state index in [2.05, 4.69) is 67.6 Å². The second-order valence-corrected chi connectivity index (χ2v) is 4.51. The van der Waals surface area contributed by atoms with Gasteiger partial charge in [0.2, 0.25) is 0 Å². The van der Waals surface area contributed by atoms with E-state index < -0.39 is 0 Å². The molecule has 1 nitrogen and oxygen atoms in total. The standard InChI is InChI=1S/C16H19N.ClH/c1-13(12-17)16(14-8-4-2-5-9-14)15-10-6-3-7-11-15;/h2-11,13,16H,12,17H2,1H3;1H. The lowest BCUT2D eigenvalue weighted by molar-refractivity contribution is 0.524. The molecule has 0 bridgehead atoms. The summed E-state index contributed by atoms with van der Waals surface area (Å²) in [6.45, 7) is 2.92. The Bertz CT molecular complexity index is 402. The summed E-state index contributed by atoms with van der Waals surface area (Å²) in [7, 11) is 0. The summed E-state index contributed by atoms with van der Waals surface area (Å²) in [4.78, 5) is 0. The lowest BCUT2D eigenvalue weighted by Crippen LogP contribution is -2.20. The van der Waals surface area contributed by atoms with Crippen LogP contribution in [0.1, 0.15) is 24.0 Å². The summed E-state index contributed by atoms with van der Waals surface area (Å²) in [6, 6.07) is 21.2. The van der Waals surface area contributed by atoms with E-state index in [0.29, 0.717) is 18.4 Å². The molecule has 2 N–H and O–H groups in total. The van der Waals surface area contributed by atoms with Crippen LogP contribution >= 0.6 is 12.4 Å². The molecule has 18 heavy (non-hydrogen) atoms. The number of nitrogens with two attached hydrogens (primary N) is 1. The van der Waals surface area contributed by atoms with Gasteiger partial charge >= 0.3 is 0 Å². The van der Waals surface area contributed by atoms with E-state index in [1.807, 2.05) is 0 Å². The molecule has 0 spiro atoms. The van der Waals surface area contributed by atoms with E-state index in [0.717, 1.165) is 0 Å². The normalized spacial score (nSPS) is 11.9. The van der Waals surface area contributed by atoms with Crippen LogP contribution in [0.15, 0.2) is 60.7 Å². The molecule has 0 saturated heterocycles. The Hall–Kier alpha value is -1.31. The van der Waals surface area contributed by atoms with Crippen molar-refractivity contribution in [1.29, 1.82) is 0 Å². The summed E-state index contributed by atoms with van der Waals surface area (Å²) in [5, 5.41) is 0. The van der Waals surface area contributed by atoms with Crippen molar-refractivity contribution in [2.45, 2.75) is 12.8 Å². The molecule has 0 aliphatic carbocycles. The zero-order chi connectivity index (χ0) is 12.1. The van der Waals surface area contributed by atoms with Crippen LogP contribution < -0.4 is 5.73 Å². The van der Waals surface area contributed by atoms with Crippen molar-refractivity contribution in [3.8, 4) is 0 Å². The van der Waals surface area contributed by atoms with E-state index in [1.54, 1.807) is 0 Å². The number of rotatable bonds is 4. The maximum Gasteiger partial charge on any atom is 0.0127 e. The Kier molecular flexibility index (Phi) is 5.90. The molecule has 1 unspecified atom stereocenters. The molecule has 0 heterocycles. The Balaban J connectivity index is 0.00000162. The quantitative estimate of drug-likeness (QED) is 0.889. The smallest absolute Gasteiger partial charge is 0.0127 e. The van der Waals surface area contributed by atoms with Gasteiger partial charge in [-0.3, -0.25) is 0 Å². The van der Waals surface area contributed by atoms with Gasteiger partial charge in [-0.25, -0.2) is 0 Å². The van der Waals surface area contributed by atoms with Gasteiger partial charge in [0, 0.05) is 5.92 Å². The van der Waals surface area contributed by atoms with Crippen LogP contribution in [0.3, 0.4) is 0 Å². The molecule has 0 amide bonds. The summed E-state index contributed by atoms with van der Waals surface area (Å²) >= 11 is 0. The predicted molar refractivity (Wildman–Crippen MR) is 80.2 cm³/mol. The van der Waals surface area contributed by atoms with Crippen LogP contribution in [-0.2, 0) is 0 Å². The number of halogens is 1. The maximum atomic E-state index is 5.85. The van der Waals surface area contributed by atoms with E-state index in [4.69, 9.17) is 5.73 Å². The van der Waals surface area contributed by atoms with Crippen molar-refractivity contribution in [2.75, 3.05) is 6.54 Å². The Morgan fingerprint density at radius 1 is 0.833 bits per heavy atom. The van der Waals surface area contributed by atoms with Gasteiger partial charge in [-0.2, -0.15) is 0 Å². The lowest BCUT2D eigenvalue weighted by Gasteiger charge is -2.23. The van der Waals surface area contributed by atoms with Crippen LogP contribution in [0.2, 0.25) is 0 Å². The van der Waals surface area contributed by atoms with Crippen molar-refractivity contribution >= 4 is 12.4 Å². The average molecular weight is 262 g/mol. The summed E-state index contributed by atoms with van der Waals surface area (Å²) < 4.78 is 0. The number of hydrogen-bond donors (Lipinski definition) is 1. The molecule has 2 aromatic carbocycles. The fraction of sp³-hybridized carbons (Fsp3) is 0.250. The minimum absolute atomic E-state index is 0. The third kappa shape index (κ3) is 3.34.